The van der Waals surface area contributed by atoms with E-state index in [-0.39, 0.29) is 11.8 Å². The molecule has 0 radical (unpaired) electrons. The second-order valence-corrected chi connectivity index (χ2v) is 7.44. The first kappa shape index (κ1) is 23.7. The lowest BCUT2D eigenvalue weighted by molar-refractivity contribution is 0.463. The van der Waals surface area contributed by atoms with Crippen LogP contribution in [0.4, 0.5) is 0 Å². The van der Waals surface area contributed by atoms with E-state index in [1.54, 1.807) is 6.08 Å². The van der Waals surface area contributed by atoms with E-state index in [1.165, 1.54) is 6.21 Å². The Bertz CT molecular complexity index is 908. The highest BCUT2D eigenvalue weighted by molar-refractivity contribution is 6.01. The Kier molecular flexibility index (Phi) is 8.43. The summed E-state index contributed by atoms with van der Waals surface area (Å²) < 4.78 is 0. The summed E-state index contributed by atoms with van der Waals surface area (Å²) >= 11 is 0. The molecule has 2 heterocycles. The molecule has 0 spiro atoms. The molecule has 2 rings (SSSR count). The fourth-order valence-electron chi connectivity index (χ4n) is 3.20. The number of nitrogens with one attached hydrogen (secondary N) is 7. The molecule has 8 nitrogen and oxygen atoms in total. The van der Waals surface area contributed by atoms with Crippen molar-refractivity contribution >= 4 is 17.9 Å². The van der Waals surface area contributed by atoms with Crippen molar-refractivity contribution in [3.05, 3.63) is 70.6 Å². The van der Waals surface area contributed by atoms with Crippen LogP contribution in [-0.4, -0.2) is 42.9 Å². The van der Waals surface area contributed by atoms with E-state index in [2.05, 4.69) is 21.3 Å². The third-order valence-electron chi connectivity index (χ3n) is 5.01. The minimum atomic E-state index is 0.177. The number of hydrogen-bond donors (Lipinski definition) is 7. The van der Waals surface area contributed by atoms with Crippen molar-refractivity contribution in [1.29, 1.82) is 16.2 Å². The van der Waals surface area contributed by atoms with Crippen LogP contribution in [0.5, 0.6) is 0 Å². The largest absolute Gasteiger partial charge is 0.393 e. The van der Waals surface area contributed by atoms with Gasteiger partial charge in [-0.25, -0.2) is 0 Å². The van der Waals surface area contributed by atoms with Crippen LogP contribution >= 0.6 is 0 Å². The summed E-state index contributed by atoms with van der Waals surface area (Å²) in [7, 11) is 1.83. The highest BCUT2D eigenvalue weighted by Crippen LogP contribution is 2.23. The number of nitrogens with zero attached hydrogens (tertiary/aromatic N) is 1. The minimum absolute atomic E-state index is 0.177. The fourth-order valence-corrected chi connectivity index (χ4v) is 3.20. The van der Waals surface area contributed by atoms with E-state index in [0.29, 0.717) is 11.7 Å². The maximum atomic E-state index is 8.63. The lowest BCUT2D eigenvalue weighted by atomic mass is 10.0. The first-order chi connectivity index (χ1) is 14.8. The third-order valence-corrected chi connectivity index (χ3v) is 5.01. The van der Waals surface area contributed by atoms with Crippen molar-refractivity contribution in [2.45, 2.75) is 27.7 Å². The number of dihydropyridines is 2. The summed E-state index contributed by atoms with van der Waals surface area (Å²) in [5.74, 6) is 1.52. The normalized spacial score (nSPS) is 15.9. The molecule has 0 amide bonds. The molecule has 0 aliphatic carbocycles. The summed E-state index contributed by atoms with van der Waals surface area (Å²) in [5.41, 5.74) is 4.22. The van der Waals surface area contributed by atoms with E-state index >= 15 is 0 Å². The third kappa shape index (κ3) is 5.97. The highest BCUT2D eigenvalue weighted by Gasteiger charge is 2.21. The van der Waals surface area contributed by atoms with Gasteiger partial charge in [-0.3, -0.25) is 10.8 Å². The van der Waals surface area contributed by atoms with Gasteiger partial charge in [-0.2, -0.15) is 0 Å². The average molecular weight is 423 g/mol. The number of allylic oxidation sites excluding steroid dienone is 4. The van der Waals surface area contributed by atoms with Crippen molar-refractivity contribution in [2.24, 2.45) is 5.92 Å². The van der Waals surface area contributed by atoms with Gasteiger partial charge < -0.3 is 31.6 Å². The predicted molar refractivity (Wildman–Crippen MR) is 129 cm³/mol. The lowest BCUT2D eigenvalue weighted by Gasteiger charge is -2.28. The quantitative estimate of drug-likeness (QED) is 0.227. The molecule has 0 aromatic carbocycles. The van der Waals surface area contributed by atoms with Crippen molar-refractivity contribution in [2.75, 3.05) is 20.1 Å². The molecule has 2 aliphatic heterocycles. The fraction of sp³-hybridized carbons (Fsp3) is 0.348. The van der Waals surface area contributed by atoms with Crippen LogP contribution in [0.15, 0.2) is 70.6 Å². The smallest absolute Gasteiger partial charge is 0.130 e. The summed E-state index contributed by atoms with van der Waals surface area (Å²) in [5, 5.41) is 37.0. The van der Waals surface area contributed by atoms with Crippen LogP contribution in [0.2, 0.25) is 0 Å². The van der Waals surface area contributed by atoms with Gasteiger partial charge in [0.25, 0.3) is 0 Å². The Hall–Kier alpha value is -3.55. The van der Waals surface area contributed by atoms with Gasteiger partial charge in [0, 0.05) is 49.9 Å². The number of hydrogen-bond acceptors (Lipinski definition) is 6. The van der Waals surface area contributed by atoms with Crippen molar-refractivity contribution in [1.82, 2.24) is 26.2 Å². The van der Waals surface area contributed by atoms with Gasteiger partial charge >= 0.3 is 0 Å². The minimum Gasteiger partial charge on any atom is -0.393 e. The Balaban J connectivity index is 2.21. The summed E-state index contributed by atoms with van der Waals surface area (Å²) in [6.45, 7) is 9.60. The summed E-state index contributed by atoms with van der Waals surface area (Å²) in [6, 6.07) is 0. The van der Waals surface area contributed by atoms with Gasteiger partial charge in [0.05, 0.1) is 11.4 Å². The molecule has 0 fully saturated rings. The van der Waals surface area contributed by atoms with Crippen LogP contribution in [-0.2, 0) is 0 Å². The zero-order chi connectivity index (χ0) is 23.0. The zero-order valence-corrected chi connectivity index (χ0v) is 19.0. The molecular formula is C23H34N8. The molecule has 2 aliphatic rings. The van der Waals surface area contributed by atoms with Gasteiger partial charge in [-0.15, -0.1) is 0 Å². The molecule has 0 bridgehead atoms. The first-order valence-electron chi connectivity index (χ1n) is 10.5. The molecule has 7 N–H and O–H groups in total. The monoisotopic (exact) mass is 422 g/mol. The molecule has 31 heavy (non-hydrogen) atoms. The van der Waals surface area contributed by atoms with Crippen LogP contribution in [0.1, 0.15) is 27.7 Å². The van der Waals surface area contributed by atoms with Gasteiger partial charge in [-0.1, -0.05) is 13.8 Å². The van der Waals surface area contributed by atoms with Gasteiger partial charge in [-0.05, 0) is 49.6 Å². The predicted octanol–water partition coefficient (Wildman–Crippen LogP) is 2.91. The Labute approximate surface area is 185 Å². The van der Waals surface area contributed by atoms with Crippen molar-refractivity contribution in [3.8, 4) is 0 Å². The van der Waals surface area contributed by atoms with Crippen LogP contribution in [0, 0.1) is 22.1 Å². The van der Waals surface area contributed by atoms with E-state index in [0.717, 1.165) is 41.2 Å². The van der Waals surface area contributed by atoms with E-state index in [9.17, 15) is 0 Å². The Morgan fingerprint density at radius 1 is 1.16 bits per heavy atom. The Morgan fingerprint density at radius 3 is 2.45 bits per heavy atom. The zero-order valence-electron chi connectivity index (χ0n) is 19.0. The molecule has 166 valence electrons. The molecule has 0 unspecified atom stereocenters. The number of rotatable bonds is 9. The SMILES string of the molecule is CCN(CC)C(=N)/C(=C\NC)C1=CNC2=CC=C(NC(=N)C=C(C=N)C(C)C)NC2=C1. The molecule has 0 aromatic heterocycles. The van der Waals surface area contributed by atoms with Crippen LogP contribution < -0.4 is 21.3 Å². The number of amidine groups is 2. The van der Waals surface area contributed by atoms with Crippen LogP contribution in [0.3, 0.4) is 0 Å². The number of likely N-dealkylation sites (N-methyl/N-ethyl adjacent to an activating group) is 1. The van der Waals surface area contributed by atoms with Gasteiger partial charge in [0.2, 0.25) is 0 Å². The Morgan fingerprint density at radius 2 is 1.87 bits per heavy atom. The average Bonchev–Trinajstić information content (AvgIpc) is 2.75. The van der Waals surface area contributed by atoms with E-state index < -0.39 is 0 Å². The molecule has 0 saturated carbocycles. The topological polar surface area (TPSA) is 123 Å². The van der Waals surface area contributed by atoms with Gasteiger partial charge in [0.1, 0.15) is 17.5 Å². The first-order valence-corrected chi connectivity index (χ1v) is 10.5. The standard InChI is InChI=1S/C23H34N8/c1-6-31(7-2)23(26)18(14-27-5)17-10-20-19(28-13-17)8-9-22(29-20)30-21(25)11-16(12-24)15(3)4/h8-15,24,26-29H,6-7H2,1-5H3,(H2,25,30)/b16-11?,18-14-,24-12?,26-23?. The maximum absolute atomic E-state index is 8.63. The molecule has 0 atom stereocenters. The van der Waals surface area contributed by atoms with Crippen LogP contribution in [0.25, 0.3) is 0 Å². The lowest BCUT2D eigenvalue weighted by Crippen LogP contribution is -2.36. The van der Waals surface area contributed by atoms with Crippen molar-refractivity contribution in [3.63, 3.8) is 0 Å². The molecule has 0 saturated heterocycles. The molecule has 0 aromatic rings. The molecular weight excluding hydrogens is 388 g/mol. The maximum Gasteiger partial charge on any atom is 0.130 e. The summed E-state index contributed by atoms with van der Waals surface area (Å²) in [6.07, 6.45) is 12.5. The number of fused-ring (bicyclic) bond motifs is 1. The van der Waals surface area contributed by atoms with Crippen molar-refractivity contribution < 1.29 is 0 Å². The summed E-state index contributed by atoms with van der Waals surface area (Å²) in [4.78, 5) is 2.00. The highest BCUT2D eigenvalue weighted by atomic mass is 15.2. The molecule has 8 heteroatoms. The van der Waals surface area contributed by atoms with Gasteiger partial charge in [0.15, 0.2) is 0 Å². The van der Waals surface area contributed by atoms with E-state index in [1.807, 2.05) is 70.3 Å². The second-order valence-electron chi connectivity index (χ2n) is 7.44. The van der Waals surface area contributed by atoms with E-state index in [4.69, 9.17) is 16.2 Å². The second kappa shape index (κ2) is 11.0.